The predicted molar refractivity (Wildman–Crippen MR) is 77.2 cm³/mol. The Morgan fingerprint density at radius 2 is 1.50 bits per heavy atom. The highest BCUT2D eigenvalue weighted by Gasteiger charge is 2.44. The van der Waals surface area contributed by atoms with Gasteiger partial charge in [0.05, 0.1) is 0 Å². The number of hydrogen-bond acceptors (Lipinski definition) is 2. The number of carbonyl (C=O) groups excluding carboxylic acids is 1. The molecule has 1 saturated carbocycles. The Labute approximate surface area is 118 Å². The topological polar surface area (TPSA) is 26.3 Å². The summed E-state index contributed by atoms with van der Waals surface area (Å²) in [4.78, 5) is 12.1. The average Bonchev–Trinajstić information content (AvgIpc) is 2.48. The standard InChI is InChI=1S/C18H16O2/c19-13-6-5-11-18(12-13)14-7-1-3-9-16(14)20-17-10-4-2-8-15(17)18/h1-4,7-10H,5-6,11-12H2. The number of hydrogen-bond donors (Lipinski definition) is 0. The molecule has 2 nitrogen and oxygen atoms in total. The van der Waals surface area contributed by atoms with Gasteiger partial charge in [-0.05, 0) is 25.0 Å². The SMILES string of the molecule is O=C1CCCC2(C1)c1ccccc1Oc1ccccc12. The van der Waals surface area contributed by atoms with Gasteiger partial charge in [0, 0.05) is 29.4 Å². The Hall–Kier alpha value is -2.09. The van der Waals surface area contributed by atoms with Crippen LogP contribution in [-0.4, -0.2) is 5.78 Å². The second kappa shape index (κ2) is 4.20. The van der Waals surface area contributed by atoms with Crippen LogP contribution in [0.2, 0.25) is 0 Å². The van der Waals surface area contributed by atoms with Gasteiger partial charge in [0.2, 0.25) is 0 Å². The van der Waals surface area contributed by atoms with E-state index < -0.39 is 0 Å². The number of para-hydroxylation sites is 2. The Morgan fingerprint density at radius 1 is 0.900 bits per heavy atom. The van der Waals surface area contributed by atoms with Crippen LogP contribution in [0.25, 0.3) is 0 Å². The lowest BCUT2D eigenvalue weighted by Gasteiger charge is -2.42. The fraction of sp³-hybridized carbons (Fsp3) is 0.278. The summed E-state index contributed by atoms with van der Waals surface area (Å²) in [7, 11) is 0. The normalized spacial score (nSPS) is 19.1. The Morgan fingerprint density at radius 3 is 2.10 bits per heavy atom. The number of fused-ring (bicyclic) bond motifs is 4. The molecule has 4 rings (SSSR count). The van der Waals surface area contributed by atoms with Crippen molar-refractivity contribution in [3.63, 3.8) is 0 Å². The Bertz CT molecular complexity index is 642. The van der Waals surface area contributed by atoms with Gasteiger partial charge in [-0.15, -0.1) is 0 Å². The zero-order valence-electron chi connectivity index (χ0n) is 11.3. The van der Waals surface area contributed by atoms with E-state index in [9.17, 15) is 4.79 Å². The van der Waals surface area contributed by atoms with Crippen LogP contribution in [0.3, 0.4) is 0 Å². The maximum atomic E-state index is 12.1. The molecule has 1 aliphatic heterocycles. The largest absolute Gasteiger partial charge is 0.457 e. The minimum absolute atomic E-state index is 0.180. The lowest BCUT2D eigenvalue weighted by molar-refractivity contribution is -0.121. The third-order valence-corrected chi connectivity index (χ3v) is 4.58. The summed E-state index contributed by atoms with van der Waals surface area (Å²) in [6, 6.07) is 16.3. The summed E-state index contributed by atoms with van der Waals surface area (Å²) in [6.07, 6.45) is 3.30. The van der Waals surface area contributed by atoms with Gasteiger partial charge in [-0.1, -0.05) is 36.4 Å². The highest BCUT2D eigenvalue weighted by atomic mass is 16.5. The molecule has 0 unspecified atom stereocenters. The van der Waals surface area contributed by atoms with Crippen molar-refractivity contribution < 1.29 is 9.53 Å². The van der Waals surface area contributed by atoms with E-state index in [1.54, 1.807) is 0 Å². The van der Waals surface area contributed by atoms with E-state index in [1.165, 1.54) is 11.1 Å². The van der Waals surface area contributed by atoms with Gasteiger partial charge in [0.1, 0.15) is 17.3 Å². The zero-order chi connectivity index (χ0) is 13.6. The van der Waals surface area contributed by atoms with Gasteiger partial charge in [0.25, 0.3) is 0 Å². The number of carbonyl (C=O) groups is 1. The second-order valence-electron chi connectivity index (χ2n) is 5.75. The molecule has 2 aromatic carbocycles. The smallest absolute Gasteiger partial charge is 0.134 e. The van der Waals surface area contributed by atoms with E-state index in [1.807, 2.05) is 36.4 Å². The Kier molecular flexibility index (Phi) is 2.46. The molecule has 2 aromatic rings. The molecule has 0 atom stereocenters. The van der Waals surface area contributed by atoms with Gasteiger partial charge in [-0.2, -0.15) is 0 Å². The first-order valence-corrected chi connectivity index (χ1v) is 7.18. The molecule has 2 heteroatoms. The van der Waals surface area contributed by atoms with Crippen LogP contribution in [0.4, 0.5) is 0 Å². The number of ketones is 1. The van der Waals surface area contributed by atoms with Crippen LogP contribution in [0.5, 0.6) is 11.5 Å². The van der Waals surface area contributed by atoms with Crippen LogP contribution < -0.4 is 4.74 Å². The fourth-order valence-electron chi connectivity index (χ4n) is 3.73. The third-order valence-electron chi connectivity index (χ3n) is 4.58. The monoisotopic (exact) mass is 264 g/mol. The van der Waals surface area contributed by atoms with Crippen LogP contribution in [0.1, 0.15) is 36.8 Å². The molecule has 0 saturated heterocycles. The molecule has 100 valence electrons. The number of Topliss-reactive ketones (excluding diaryl/α,β-unsaturated/α-hetero) is 1. The molecular formula is C18H16O2. The molecule has 0 bridgehead atoms. The summed E-state index contributed by atoms with van der Waals surface area (Å²) >= 11 is 0. The third kappa shape index (κ3) is 1.54. The average molecular weight is 264 g/mol. The molecule has 1 fully saturated rings. The first-order valence-electron chi connectivity index (χ1n) is 7.18. The number of rotatable bonds is 0. The van der Waals surface area contributed by atoms with Crippen molar-refractivity contribution in [3.8, 4) is 11.5 Å². The van der Waals surface area contributed by atoms with Crippen molar-refractivity contribution in [2.75, 3.05) is 0 Å². The summed E-state index contributed by atoms with van der Waals surface area (Å²) in [6.45, 7) is 0. The maximum absolute atomic E-state index is 12.1. The van der Waals surface area contributed by atoms with Gasteiger partial charge < -0.3 is 4.74 Å². The first kappa shape index (κ1) is 11.7. The summed E-state index contributed by atoms with van der Waals surface area (Å²) in [5.41, 5.74) is 2.17. The van der Waals surface area contributed by atoms with E-state index in [4.69, 9.17) is 4.74 Å². The highest BCUT2D eigenvalue weighted by Crippen LogP contribution is 2.53. The quantitative estimate of drug-likeness (QED) is 0.712. The predicted octanol–water partition coefficient (Wildman–Crippen LogP) is 4.22. The lowest BCUT2D eigenvalue weighted by atomic mass is 9.63. The van der Waals surface area contributed by atoms with Gasteiger partial charge in [0.15, 0.2) is 0 Å². The van der Waals surface area contributed by atoms with Crippen molar-refractivity contribution in [1.82, 2.24) is 0 Å². The molecule has 1 spiro atoms. The van der Waals surface area contributed by atoms with Crippen LogP contribution in [0.15, 0.2) is 48.5 Å². The molecule has 0 aromatic heterocycles. The van der Waals surface area contributed by atoms with E-state index in [2.05, 4.69) is 12.1 Å². The van der Waals surface area contributed by atoms with Crippen molar-refractivity contribution in [3.05, 3.63) is 59.7 Å². The number of ether oxygens (including phenoxy) is 1. The lowest BCUT2D eigenvalue weighted by Crippen LogP contribution is -2.36. The maximum Gasteiger partial charge on any atom is 0.134 e. The van der Waals surface area contributed by atoms with E-state index in [0.29, 0.717) is 18.6 Å². The molecule has 0 N–H and O–H groups in total. The van der Waals surface area contributed by atoms with Crippen molar-refractivity contribution >= 4 is 5.78 Å². The molecule has 0 radical (unpaired) electrons. The Balaban J connectivity index is 1.99. The zero-order valence-corrected chi connectivity index (χ0v) is 11.3. The second-order valence-corrected chi connectivity index (χ2v) is 5.75. The van der Waals surface area contributed by atoms with Gasteiger partial charge in [-0.25, -0.2) is 0 Å². The van der Waals surface area contributed by atoms with Crippen molar-refractivity contribution in [1.29, 1.82) is 0 Å². The van der Waals surface area contributed by atoms with Crippen molar-refractivity contribution in [2.45, 2.75) is 31.1 Å². The number of benzene rings is 2. The van der Waals surface area contributed by atoms with E-state index >= 15 is 0 Å². The van der Waals surface area contributed by atoms with E-state index in [0.717, 1.165) is 24.3 Å². The van der Waals surface area contributed by atoms with Crippen LogP contribution in [0, 0.1) is 0 Å². The van der Waals surface area contributed by atoms with Crippen LogP contribution in [-0.2, 0) is 10.2 Å². The first-order chi connectivity index (χ1) is 9.79. The minimum Gasteiger partial charge on any atom is -0.457 e. The van der Waals surface area contributed by atoms with E-state index in [-0.39, 0.29) is 5.41 Å². The molecular weight excluding hydrogens is 248 g/mol. The summed E-state index contributed by atoms with van der Waals surface area (Å²) in [5.74, 6) is 2.17. The van der Waals surface area contributed by atoms with Crippen molar-refractivity contribution in [2.24, 2.45) is 0 Å². The summed E-state index contributed by atoms with van der Waals surface area (Å²) < 4.78 is 6.03. The molecule has 0 amide bonds. The summed E-state index contributed by atoms with van der Waals surface area (Å²) in [5, 5.41) is 0. The molecule has 2 aliphatic rings. The van der Waals surface area contributed by atoms with Gasteiger partial charge in [-0.3, -0.25) is 4.79 Å². The molecule has 1 heterocycles. The highest BCUT2D eigenvalue weighted by molar-refractivity contribution is 5.83. The molecule has 1 aliphatic carbocycles. The minimum atomic E-state index is -0.180. The van der Waals surface area contributed by atoms with Gasteiger partial charge >= 0.3 is 0 Å². The molecule has 20 heavy (non-hydrogen) atoms. The van der Waals surface area contributed by atoms with Crippen LogP contribution >= 0.6 is 0 Å². The fourth-order valence-corrected chi connectivity index (χ4v) is 3.73.